The zero-order chi connectivity index (χ0) is 14.0. The van der Waals surface area contributed by atoms with Gasteiger partial charge in [0.15, 0.2) is 0 Å². The van der Waals surface area contributed by atoms with Crippen LogP contribution in [-0.4, -0.2) is 16.4 Å². The first-order valence-corrected chi connectivity index (χ1v) is 7.94. The molecule has 3 heteroatoms. The third kappa shape index (κ3) is 2.62. The van der Waals surface area contributed by atoms with E-state index in [1.807, 2.05) is 12.3 Å². The summed E-state index contributed by atoms with van der Waals surface area (Å²) in [5.41, 5.74) is 2.22. The number of hydrogen-bond donors (Lipinski definition) is 1. The first kappa shape index (κ1) is 13.7. The van der Waals surface area contributed by atoms with Gasteiger partial charge in [-0.2, -0.15) is 0 Å². The lowest BCUT2D eigenvalue weighted by Gasteiger charge is -2.40. The summed E-state index contributed by atoms with van der Waals surface area (Å²) in [6.07, 6.45) is 6.74. The number of benzene rings is 1. The van der Waals surface area contributed by atoms with Crippen LogP contribution in [0.1, 0.15) is 32.6 Å². The number of aromatic nitrogens is 1. The second-order valence-corrected chi connectivity index (χ2v) is 6.38. The van der Waals surface area contributed by atoms with Gasteiger partial charge in [0.1, 0.15) is 0 Å². The third-order valence-corrected chi connectivity index (χ3v) is 4.91. The monoisotopic (exact) mass is 288 g/mol. The summed E-state index contributed by atoms with van der Waals surface area (Å²) in [6, 6.07) is 10.3. The minimum absolute atomic E-state index is 0.0311. The van der Waals surface area contributed by atoms with Crippen LogP contribution in [0.4, 0.5) is 5.69 Å². The van der Waals surface area contributed by atoms with Crippen molar-refractivity contribution in [3.05, 3.63) is 36.5 Å². The lowest BCUT2D eigenvalue weighted by Crippen LogP contribution is -2.44. The van der Waals surface area contributed by atoms with Crippen molar-refractivity contribution in [2.75, 3.05) is 11.2 Å². The first-order valence-electron chi connectivity index (χ1n) is 7.40. The number of alkyl halides is 1. The zero-order valence-electron chi connectivity index (χ0n) is 11.9. The summed E-state index contributed by atoms with van der Waals surface area (Å²) >= 11 is 6.33. The highest BCUT2D eigenvalue weighted by atomic mass is 35.5. The Bertz CT molecular complexity index is 593. The molecule has 3 rings (SSSR count). The molecule has 1 saturated carbocycles. The molecular weight excluding hydrogens is 268 g/mol. The number of hydrogen-bond acceptors (Lipinski definition) is 2. The minimum atomic E-state index is 0.0311. The quantitative estimate of drug-likeness (QED) is 0.818. The summed E-state index contributed by atoms with van der Waals surface area (Å²) in [5.74, 6) is 1.40. The van der Waals surface area contributed by atoms with Gasteiger partial charge >= 0.3 is 0 Å². The molecular formula is C17H21ClN2. The molecule has 1 aromatic carbocycles. The van der Waals surface area contributed by atoms with E-state index in [9.17, 15) is 0 Å². The molecule has 0 saturated heterocycles. The number of pyridine rings is 1. The summed E-state index contributed by atoms with van der Waals surface area (Å²) < 4.78 is 0. The van der Waals surface area contributed by atoms with Gasteiger partial charge in [-0.1, -0.05) is 38.0 Å². The summed E-state index contributed by atoms with van der Waals surface area (Å²) in [5, 5.41) is 4.92. The summed E-state index contributed by atoms with van der Waals surface area (Å²) in [4.78, 5) is 4.43. The maximum Gasteiger partial charge on any atom is 0.0722 e. The van der Waals surface area contributed by atoms with Gasteiger partial charge in [-0.25, -0.2) is 0 Å². The molecule has 2 aromatic rings. The molecule has 1 aliphatic rings. The Morgan fingerprint density at radius 1 is 1.35 bits per heavy atom. The van der Waals surface area contributed by atoms with E-state index in [1.165, 1.54) is 18.2 Å². The minimum Gasteiger partial charge on any atom is -0.378 e. The summed E-state index contributed by atoms with van der Waals surface area (Å²) in [6.45, 7) is 2.33. The molecule has 0 spiro atoms. The first-order chi connectivity index (χ1) is 9.72. The average molecular weight is 289 g/mol. The molecule has 1 aromatic heterocycles. The average Bonchev–Trinajstić information content (AvgIpc) is 2.48. The van der Waals surface area contributed by atoms with Crippen molar-refractivity contribution in [2.24, 2.45) is 5.92 Å². The van der Waals surface area contributed by atoms with E-state index in [4.69, 9.17) is 11.6 Å². The Hall–Kier alpha value is -1.28. The highest BCUT2D eigenvalue weighted by molar-refractivity contribution is 6.19. The van der Waals surface area contributed by atoms with E-state index in [-0.39, 0.29) is 5.54 Å². The number of anilines is 1. The SMILES string of the molecule is CC1CCCC(CCl)(Nc2ccnc3ccccc23)C1. The van der Waals surface area contributed by atoms with Gasteiger partial charge < -0.3 is 5.32 Å². The Morgan fingerprint density at radius 2 is 2.20 bits per heavy atom. The van der Waals surface area contributed by atoms with Crippen molar-refractivity contribution in [1.29, 1.82) is 0 Å². The molecule has 0 bridgehead atoms. The zero-order valence-corrected chi connectivity index (χ0v) is 12.7. The molecule has 106 valence electrons. The van der Waals surface area contributed by atoms with Gasteiger partial charge in [0.25, 0.3) is 0 Å². The van der Waals surface area contributed by atoms with E-state index < -0.39 is 0 Å². The fourth-order valence-corrected chi connectivity index (χ4v) is 3.73. The van der Waals surface area contributed by atoms with Crippen molar-refractivity contribution in [3.8, 4) is 0 Å². The maximum absolute atomic E-state index is 6.33. The molecule has 20 heavy (non-hydrogen) atoms. The van der Waals surface area contributed by atoms with E-state index in [1.54, 1.807) is 0 Å². The van der Waals surface area contributed by atoms with Crippen molar-refractivity contribution >= 4 is 28.2 Å². The van der Waals surface area contributed by atoms with Crippen LogP contribution in [0.25, 0.3) is 10.9 Å². The number of halogens is 1. The van der Waals surface area contributed by atoms with Crippen LogP contribution in [0.5, 0.6) is 0 Å². The Morgan fingerprint density at radius 3 is 3.00 bits per heavy atom. The van der Waals surface area contributed by atoms with Crippen molar-refractivity contribution in [2.45, 2.75) is 38.1 Å². The predicted octanol–water partition coefficient (Wildman–Crippen LogP) is 4.83. The molecule has 0 aliphatic heterocycles. The van der Waals surface area contributed by atoms with E-state index >= 15 is 0 Å². The van der Waals surface area contributed by atoms with Crippen LogP contribution < -0.4 is 5.32 Å². The maximum atomic E-state index is 6.33. The number of fused-ring (bicyclic) bond motifs is 1. The van der Waals surface area contributed by atoms with Gasteiger partial charge in [-0.3, -0.25) is 4.98 Å². The normalized spacial score (nSPS) is 26.6. The number of nitrogens with zero attached hydrogens (tertiary/aromatic N) is 1. The number of rotatable bonds is 3. The second kappa shape index (κ2) is 5.61. The van der Waals surface area contributed by atoms with Gasteiger partial charge in [-0.15, -0.1) is 11.6 Å². The van der Waals surface area contributed by atoms with Gasteiger partial charge in [0, 0.05) is 23.2 Å². The van der Waals surface area contributed by atoms with Gasteiger partial charge in [0.2, 0.25) is 0 Å². The van der Waals surface area contributed by atoms with Gasteiger partial charge in [-0.05, 0) is 30.9 Å². The lowest BCUT2D eigenvalue weighted by atomic mass is 9.77. The van der Waals surface area contributed by atoms with E-state index in [0.717, 1.165) is 30.0 Å². The molecule has 2 nitrogen and oxygen atoms in total. The lowest BCUT2D eigenvalue weighted by molar-refractivity contribution is 0.280. The van der Waals surface area contributed by atoms with E-state index in [0.29, 0.717) is 5.88 Å². The number of para-hydroxylation sites is 1. The fourth-order valence-electron chi connectivity index (χ4n) is 3.42. The Kier molecular flexibility index (Phi) is 3.84. The summed E-state index contributed by atoms with van der Waals surface area (Å²) in [7, 11) is 0. The Labute approximate surface area is 125 Å². The van der Waals surface area contributed by atoms with Crippen molar-refractivity contribution in [3.63, 3.8) is 0 Å². The molecule has 0 amide bonds. The highest BCUT2D eigenvalue weighted by Gasteiger charge is 2.34. The molecule has 0 radical (unpaired) electrons. The standard InChI is InChI=1S/C17H21ClN2/c1-13-5-4-9-17(11-13,12-18)20-16-8-10-19-15-7-3-2-6-14(15)16/h2-3,6-8,10,13H,4-5,9,11-12H2,1H3,(H,19,20). The Balaban J connectivity index is 1.95. The highest BCUT2D eigenvalue weighted by Crippen LogP contribution is 2.37. The molecule has 2 atom stereocenters. The fraction of sp³-hybridized carbons (Fsp3) is 0.471. The smallest absolute Gasteiger partial charge is 0.0722 e. The van der Waals surface area contributed by atoms with Crippen LogP contribution in [0.2, 0.25) is 0 Å². The van der Waals surface area contributed by atoms with Gasteiger partial charge in [0.05, 0.1) is 11.1 Å². The number of nitrogens with one attached hydrogen (secondary N) is 1. The van der Waals surface area contributed by atoms with Crippen molar-refractivity contribution < 1.29 is 0 Å². The largest absolute Gasteiger partial charge is 0.378 e. The van der Waals surface area contributed by atoms with E-state index in [2.05, 4.69) is 41.5 Å². The van der Waals surface area contributed by atoms with Crippen LogP contribution in [0.3, 0.4) is 0 Å². The topological polar surface area (TPSA) is 24.9 Å². The third-order valence-electron chi connectivity index (χ3n) is 4.40. The molecule has 1 heterocycles. The second-order valence-electron chi connectivity index (χ2n) is 6.12. The van der Waals surface area contributed by atoms with Crippen molar-refractivity contribution in [1.82, 2.24) is 4.98 Å². The van der Waals surface area contributed by atoms with Crippen LogP contribution in [-0.2, 0) is 0 Å². The molecule has 1 aliphatic carbocycles. The van der Waals surface area contributed by atoms with Crippen LogP contribution in [0.15, 0.2) is 36.5 Å². The van der Waals surface area contributed by atoms with Crippen LogP contribution >= 0.6 is 11.6 Å². The predicted molar refractivity (Wildman–Crippen MR) is 86.4 cm³/mol. The molecule has 1 N–H and O–H groups in total. The van der Waals surface area contributed by atoms with Crippen LogP contribution in [0, 0.1) is 5.92 Å². The molecule has 2 unspecified atom stereocenters. The molecule has 1 fully saturated rings.